The molecule has 1 aliphatic heterocycles. The Labute approximate surface area is 314 Å². The molecule has 12 heteroatoms. The minimum atomic E-state index is -1.59. The second-order valence-electron chi connectivity index (χ2n) is 13.9. The van der Waals surface area contributed by atoms with Crippen molar-refractivity contribution < 1.29 is 34.3 Å². The molecule has 0 radical (unpaired) electrons. The maximum absolute atomic E-state index is 11.9. The molecule has 2 aliphatic rings. The number of halogens is 1. The first-order chi connectivity index (χ1) is 25.6. The fourth-order valence-electron chi connectivity index (χ4n) is 6.91. The topological polar surface area (TPSA) is 157 Å². The van der Waals surface area contributed by atoms with E-state index in [0.717, 1.165) is 73.3 Å². The molecule has 0 saturated carbocycles. The van der Waals surface area contributed by atoms with Gasteiger partial charge in [0.05, 0.1) is 29.9 Å². The van der Waals surface area contributed by atoms with E-state index in [1.807, 2.05) is 18.2 Å². The lowest BCUT2D eigenvalue weighted by Crippen LogP contribution is -2.52. The number of aliphatic hydroxyl groups excluding tert-OH is 2. The van der Waals surface area contributed by atoms with Crippen LogP contribution < -0.4 is 19.5 Å². The van der Waals surface area contributed by atoms with Gasteiger partial charge in [-0.3, -0.25) is 15.1 Å². The van der Waals surface area contributed by atoms with Crippen LogP contribution >= 0.6 is 11.6 Å². The number of β-amino-alcohol motifs (C(OH)–C–C–N with tert-alkyl or cyclic N) is 1. The molecule has 0 amide bonds. The molecular weight excluding hydrogens is 696 g/mol. The molecule has 6 rings (SSSR count). The number of hydrogen-bond donors (Lipinski definition) is 4. The van der Waals surface area contributed by atoms with E-state index in [2.05, 4.69) is 46.4 Å². The Hall–Kier alpha value is -4.70. The highest BCUT2D eigenvalue weighted by Gasteiger charge is 2.33. The molecule has 278 valence electrons. The van der Waals surface area contributed by atoms with E-state index in [9.17, 15) is 25.4 Å². The zero-order valence-electron chi connectivity index (χ0n) is 30.0. The Morgan fingerprint density at radius 2 is 1.91 bits per heavy atom. The number of ether oxygens (including phenoxy) is 3. The van der Waals surface area contributed by atoms with E-state index >= 15 is 0 Å². The number of aliphatic hydroxyl groups is 2. The van der Waals surface area contributed by atoms with Crippen molar-refractivity contribution >= 4 is 17.6 Å². The molecule has 1 saturated heterocycles. The SMILES string of the molecule is Cc1c(OCCCN2CC[C@@H](O)C2)cccc1-c1cccc2c1CCC2Oc1cc(OCc2cncc(C#N)c2)c(CNC(C)(CO)C(=O)O)cc1Cl. The number of nitrogens with zero attached hydrogens (tertiary/aromatic N) is 3. The van der Waals surface area contributed by atoms with Crippen molar-refractivity contribution in [2.24, 2.45) is 0 Å². The van der Waals surface area contributed by atoms with Crippen LogP contribution in [0.1, 0.15) is 65.7 Å². The van der Waals surface area contributed by atoms with Crippen LogP contribution in [0, 0.1) is 18.3 Å². The molecule has 1 aromatic heterocycles. The Morgan fingerprint density at radius 3 is 2.66 bits per heavy atom. The number of aromatic nitrogens is 1. The monoisotopic (exact) mass is 740 g/mol. The third-order valence-corrected chi connectivity index (χ3v) is 10.4. The van der Waals surface area contributed by atoms with Gasteiger partial charge < -0.3 is 34.4 Å². The van der Waals surface area contributed by atoms with Crippen molar-refractivity contribution in [1.29, 1.82) is 5.26 Å². The third-order valence-electron chi connectivity index (χ3n) is 10.1. The van der Waals surface area contributed by atoms with Crippen molar-refractivity contribution in [3.8, 4) is 34.4 Å². The van der Waals surface area contributed by atoms with Gasteiger partial charge in [0.15, 0.2) is 0 Å². The highest BCUT2D eigenvalue weighted by molar-refractivity contribution is 6.32. The number of carbonyl (C=O) groups is 1. The molecule has 11 nitrogen and oxygen atoms in total. The standard InChI is InChI=1S/C41H45ClN4O7/c1-26-31(6-4-9-36(26)51-15-5-13-46-14-12-30(48)23-46)32-7-3-8-34-33(32)10-11-37(34)53-39-18-38(52-24-28-16-27(19-43)20-44-21-28)29(17-35(39)42)22-45-41(2,25-47)40(49)50/h3-4,6-9,16-18,20-21,30,37,45,47-48H,5,10-15,22-25H2,1-2H3,(H,49,50)/t30-,37?,41?/m1/s1. The van der Waals surface area contributed by atoms with E-state index in [1.54, 1.807) is 24.4 Å². The summed E-state index contributed by atoms with van der Waals surface area (Å²) in [6.07, 6.45) is 5.86. The molecule has 3 atom stereocenters. The van der Waals surface area contributed by atoms with Gasteiger partial charge in [-0.2, -0.15) is 5.26 Å². The van der Waals surface area contributed by atoms with Crippen LogP contribution in [0.2, 0.25) is 5.02 Å². The van der Waals surface area contributed by atoms with E-state index in [-0.39, 0.29) is 25.4 Å². The fourth-order valence-corrected chi connectivity index (χ4v) is 7.14. The quantitative estimate of drug-likeness (QED) is 0.100. The number of hydrogen-bond acceptors (Lipinski definition) is 10. The van der Waals surface area contributed by atoms with Crippen molar-refractivity contribution in [1.82, 2.24) is 15.2 Å². The van der Waals surface area contributed by atoms with Gasteiger partial charge in [-0.15, -0.1) is 0 Å². The summed E-state index contributed by atoms with van der Waals surface area (Å²) in [5.74, 6) is 0.480. The third kappa shape index (κ3) is 8.92. The van der Waals surface area contributed by atoms with Gasteiger partial charge in [-0.1, -0.05) is 41.9 Å². The Balaban J connectivity index is 1.21. The van der Waals surface area contributed by atoms with Gasteiger partial charge in [0.1, 0.15) is 41.6 Å². The fraction of sp³-hybridized carbons (Fsp3) is 0.390. The molecular formula is C41H45ClN4O7. The Kier molecular flexibility index (Phi) is 12.2. The number of nitrogens with one attached hydrogen (secondary N) is 1. The van der Waals surface area contributed by atoms with Gasteiger partial charge in [0.25, 0.3) is 0 Å². The Bertz CT molecular complexity index is 1980. The zero-order chi connectivity index (χ0) is 37.5. The summed E-state index contributed by atoms with van der Waals surface area (Å²) in [6, 6.07) is 19.6. The number of fused-ring (bicyclic) bond motifs is 1. The number of benzene rings is 3. The molecule has 0 spiro atoms. The average molecular weight is 741 g/mol. The summed E-state index contributed by atoms with van der Waals surface area (Å²) in [5.41, 5.74) is 5.66. The predicted molar refractivity (Wildman–Crippen MR) is 200 cm³/mol. The van der Waals surface area contributed by atoms with Crippen LogP contribution in [0.3, 0.4) is 0 Å². The second-order valence-corrected chi connectivity index (χ2v) is 14.3. The summed E-state index contributed by atoms with van der Waals surface area (Å²) in [7, 11) is 0. The molecule has 4 N–H and O–H groups in total. The molecule has 1 fully saturated rings. The number of rotatable bonds is 16. The largest absolute Gasteiger partial charge is 0.493 e. The smallest absolute Gasteiger partial charge is 0.326 e. The normalized spacial score (nSPS) is 17.9. The van der Waals surface area contributed by atoms with Crippen LogP contribution in [0.4, 0.5) is 0 Å². The van der Waals surface area contributed by atoms with Crippen LogP contribution in [0.25, 0.3) is 11.1 Å². The van der Waals surface area contributed by atoms with Crippen molar-refractivity contribution in [2.75, 3.05) is 32.8 Å². The van der Waals surface area contributed by atoms with Crippen LogP contribution in [-0.2, 0) is 24.4 Å². The summed E-state index contributed by atoms with van der Waals surface area (Å²) in [6.45, 7) is 6.17. The number of aliphatic carboxylic acids is 1. The number of carboxylic acids is 1. The van der Waals surface area contributed by atoms with E-state index in [1.165, 1.54) is 18.7 Å². The molecule has 2 unspecified atom stereocenters. The molecule has 4 aromatic rings. The maximum atomic E-state index is 11.9. The lowest BCUT2D eigenvalue weighted by Gasteiger charge is -2.25. The highest BCUT2D eigenvalue weighted by atomic mass is 35.5. The van der Waals surface area contributed by atoms with E-state index in [4.69, 9.17) is 25.8 Å². The molecule has 3 aromatic carbocycles. The van der Waals surface area contributed by atoms with E-state index in [0.29, 0.717) is 39.8 Å². The first-order valence-corrected chi connectivity index (χ1v) is 18.3. The predicted octanol–water partition coefficient (Wildman–Crippen LogP) is 5.99. The molecule has 2 heterocycles. The minimum Gasteiger partial charge on any atom is -0.493 e. The van der Waals surface area contributed by atoms with Gasteiger partial charge in [0.2, 0.25) is 0 Å². The van der Waals surface area contributed by atoms with Crippen molar-refractivity contribution in [3.05, 3.63) is 105 Å². The lowest BCUT2D eigenvalue weighted by atomic mass is 9.93. The van der Waals surface area contributed by atoms with Gasteiger partial charge in [-0.05, 0) is 85.5 Å². The number of carboxylic acid groups (broad SMARTS) is 1. The average Bonchev–Trinajstić information content (AvgIpc) is 3.78. The summed E-state index contributed by atoms with van der Waals surface area (Å²) < 4.78 is 19.1. The number of likely N-dealkylation sites (tertiary alicyclic amines) is 1. The van der Waals surface area contributed by atoms with E-state index < -0.39 is 18.1 Å². The summed E-state index contributed by atoms with van der Waals surface area (Å²) >= 11 is 6.82. The Morgan fingerprint density at radius 1 is 1.09 bits per heavy atom. The van der Waals surface area contributed by atoms with Gasteiger partial charge in [-0.25, -0.2) is 0 Å². The summed E-state index contributed by atoms with van der Waals surface area (Å²) in [4.78, 5) is 18.2. The van der Waals surface area contributed by atoms with Crippen LogP contribution in [-0.4, -0.2) is 75.7 Å². The van der Waals surface area contributed by atoms with Crippen molar-refractivity contribution in [3.63, 3.8) is 0 Å². The molecule has 53 heavy (non-hydrogen) atoms. The van der Waals surface area contributed by atoms with Crippen molar-refractivity contribution in [2.45, 2.75) is 70.4 Å². The minimum absolute atomic E-state index is 0.0372. The van der Waals surface area contributed by atoms with Crippen LogP contribution in [0.5, 0.6) is 17.2 Å². The van der Waals surface area contributed by atoms with Crippen LogP contribution in [0.15, 0.2) is 67.0 Å². The first kappa shape index (κ1) is 38.0. The second kappa shape index (κ2) is 17.0. The highest BCUT2D eigenvalue weighted by Crippen LogP contribution is 2.44. The lowest BCUT2D eigenvalue weighted by molar-refractivity contribution is -0.145. The zero-order valence-corrected chi connectivity index (χ0v) is 30.7. The van der Waals surface area contributed by atoms with Gasteiger partial charge >= 0.3 is 5.97 Å². The number of pyridine rings is 1. The van der Waals surface area contributed by atoms with Gasteiger partial charge in [0, 0.05) is 55.8 Å². The summed E-state index contributed by atoms with van der Waals surface area (Å²) in [5, 5.41) is 41.8. The molecule has 1 aliphatic carbocycles. The first-order valence-electron chi connectivity index (χ1n) is 17.9. The maximum Gasteiger partial charge on any atom is 0.326 e. The molecule has 0 bridgehead atoms. The number of nitriles is 1.